The Balaban J connectivity index is 1.37. The van der Waals surface area contributed by atoms with Crippen LogP contribution in [-0.4, -0.2) is 65.0 Å². The van der Waals surface area contributed by atoms with Gasteiger partial charge < -0.3 is 20.6 Å². The fourth-order valence-corrected chi connectivity index (χ4v) is 6.03. The topological polar surface area (TPSA) is 91.8 Å². The number of hydrogen-bond donors (Lipinski definition) is 2. The van der Waals surface area contributed by atoms with Gasteiger partial charge in [0.25, 0.3) is 0 Å². The maximum atomic E-state index is 11.7. The number of nitrogens with two attached hydrogens (primary N) is 1. The van der Waals surface area contributed by atoms with Gasteiger partial charge in [-0.15, -0.1) is 0 Å². The number of aromatic nitrogens is 2. The fourth-order valence-electron chi connectivity index (χ4n) is 6.03. The molecule has 6 rings (SSSR count). The van der Waals surface area contributed by atoms with Gasteiger partial charge in [0, 0.05) is 81.5 Å². The lowest BCUT2D eigenvalue weighted by atomic mass is 9.72. The van der Waals surface area contributed by atoms with Crippen LogP contribution in [0.1, 0.15) is 31.7 Å². The predicted molar refractivity (Wildman–Crippen MR) is 164 cm³/mol. The molecule has 1 saturated heterocycles. The summed E-state index contributed by atoms with van der Waals surface area (Å²) in [5.74, 6) is 0.155. The molecular formula is C33H39N7O. The monoisotopic (exact) mass is 549 g/mol. The highest BCUT2D eigenvalue weighted by Crippen LogP contribution is 2.40. The van der Waals surface area contributed by atoms with Gasteiger partial charge in [-0.1, -0.05) is 54.6 Å². The lowest BCUT2D eigenvalue weighted by molar-refractivity contribution is -0.130. The maximum absolute atomic E-state index is 11.7. The number of hydrogen-bond acceptors (Lipinski definition) is 6. The van der Waals surface area contributed by atoms with Gasteiger partial charge >= 0.3 is 0 Å². The average Bonchev–Trinajstić information content (AvgIpc) is 2.99. The van der Waals surface area contributed by atoms with Crippen molar-refractivity contribution in [2.24, 2.45) is 10.8 Å². The summed E-state index contributed by atoms with van der Waals surface area (Å²) in [6.07, 6.45) is 5.37. The molecule has 2 aromatic heterocycles. The molecule has 8 heteroatoms. The molecule has 0 bridgehead atoms. The van der Waals surface area contributed by atoms with Crippen molar-refractivity contribution in [1.82, 2.24) is 24.8 Å². The molecule has 4 aromatic rings. The first-order valence-electron chi connectivity index (χ1n) is 14.6. The van der Waals surface area contributed by atoms with Crippen LogP contribution >= 0.6 is 0 Å². The Kier molecular flexibility index (Phi) is 7.60. The van der Waals surface area contributed by atoms with E-state index in [4.69, 9.17) is 15.8 Å². The van der Waals surface area contributed by atoms with Gasteiger partial charge in [0.15, 0.2) is 5.49 Å². The molecular weight excluding hydrogens is 510 g/mol. The number of carbonyl (C=O) groups is 1. The van der Waals surface area contributed by atoms with E-state index in [-0.39, 0.29) is 11.4 Å². The molecule has 1 aliphatic heterocycles. The molecule has 0 unspecified atom stereocenters. The van der Waals surface area contributed by atoms with Crippen LogP contribution in [0.25, 0.3) is 33.3 Å². The highest BCUT2D eigenvalue weighted by molar-refractivity contribution is 5.91. The molecule has 2 aromatic carbocycles. The Bertz CT molecular complexity index is 1600. The quantitative estimate of drug-likeness (QED) is 0.341. The van der Waals surface area contributed by atoms with Crippen molar-refractivity contribution >= 4 is 16.8 Å². The number of benzene rings is 2. The highest BCUT2D eigenvalue weighted by Gasteiger charge is 2.34. The van der Waals surface area contributed by atoms with Gasteiger partial charge in [0.1, 0.15) is 0 Å². The van der Waals surface area contributed by atoms with Crippen LogP contribution in [0.5, 0.6) is 0 Å². The van der Waals surface area contributed by atoms with Gasteiger partial charge in [0.2, 0.25) is 5.91 Å². The molecule has 41 heavy (non-hydrogen) atoms. The molecule has 3 N–H and O–H groups in total. The fraction of sp³-hybridized carbons (Fsp3) is 0.364. The van der Waals surface area contributed by atoms with E-state index in [9.17, 15) is 4.79 Å². The molecule has 8 nitrogen and oxygen atoms in total. The van der Waals surface area contributed by atoms with Crippen LogP contribution in [0.2, 0.25) is 0 Å². The summed E-state index contributed by atoms with van der Waals surface area (Å²) in [5.41, 5.74) is 16.6. The van der Waals surface area contributed by atoms with Crippen LogP contribution in [0.4, 0.5) is 0 Å². The van der Waals surface area contributed by atoms with Crippen LogP contribution in [0, 0.1) is 0 Å². The third kappa shape index (κ3) is 5.49. The summed E-state index contributed by atoms with van der Waals surface area (Å²) in [4.78, 5) is 21.3. The minimum absolute atomic E-state index is 0.155. The van der Waals surface area contributed by atoms with Crippen molar-refractivity contribution < 1.29 is 4.79 Å². The van der Waals surface area contributed by atoms with Crippen molar-refractivity contribution in [1.29, 1.82) is 0 Å². The van der Waals surface area contributed by atoms with Crippen molar-refractivity contribution in [3.63, 3.8) is 0 Å². The standard InChI is InChI=1S/C33H39N7O/c1-24(41)39-20-17-38(18-21-39)19-22-40-16-13-30-29(32(40)37-35-2)23-28(25-7-4-3-5-8-25)31(36-30)26-9-11-27(12-10-26)33(34)14-6-15-33/h3-5,7-13,16,23,35H,6,14-15,17-22,34H2,1-2H3/b37-32-. The number of fused-ring (bicyclic) bond motifs is 1. The lowest BCUT2D eigenvalue weighted by Gasteiger charge is -2.38. The number of amides is 1. The van der Waals surface area contributed by atoms with E-state index >= 15 is 0 Å². The molecule has 1 aliphatic carbocycles. The maximum Gasteiger partial charge on any atom is 0.219 e. The Hall–Kier alpha value is -4.01. The zero-order valence-corrected chi connectivity index (χ0v) is 24.0. The van der Waals surface area contributed by atoms with Gasteiger partial charge in [-0.2, -0.15) is 5.10 Å². The van der Waals surface area contributed by atoms with Gasteiger partial charge in [0.05, 0.1) is 11.2 Å². The van der Waals surface area contributed by atoms with Gasteiger partial charge in [-0.3, -0.25) is 9.69 Å². The zero-order chi connectivity index (χ0) is 28.4. The van der Waals surface area contributed by atoms with E-state index < -0.39 is 0 Å². The van der Waals surface area contributed by atoms with Crippen molar-refractivity contribution in [3.8, 4) is 22.4 Å². The summed E-state index contributed by atoms with van der Waals surface area (Å²) < 4.78 is 2.19. The van der Waals surface area contributed by atoms with Crippen molar-refractivity contribution in [3.05, 3.63) is 84.0 Å². The second kappa shape index (κ2) is 11.5. The summed E-state index contributed by atoms with van der Waals surface area (Å²) >= 11 is 0. The van der Waals surface area contributed by atoms with E-state index in [2.05, 4.69) is 81.8 Å². The van der Waals surface area contributed by atoms with Crippen molar-refractivity contribution in [2.45, 2.75) is 38.3 Å². The van der Waals surface area contributed by atoms with E-state index in [0.717, 1.165) is 90.9 Å². The number of nitrogens with zero attached hydrogens (tertiary/aromatic N) is 5. The molecule has 212 valence electrons. The Morgan fingerprint density at radius 3 is 2.34 bits per heavy atom. The van der Waals surface area contributed by atoms with Gasteiger partial charge in [-0.05, 0) is 42.5 Å². The lowest BCUT2D eigenvalue weighted by Crippen LogP contribution is -2.49. The van der Waals surface area contributed by atoms with E-state index in [1.807, 2.05) is 18.0 Å². The summed E-state index contributed by atoms with van der Waals surface area (Å²) in [7, 11) is 1.83. The van der Waals surface area contributed by atoms with Gasteiger partial charge in [-0.25, -0.2) is 4.98 Å². The van der Waals surface area contributed by atoms with Crippen LogP contribution in [0.15, 0.2) is 78.0 Å². The number of carbonyl (C=O) groups excluding carboxylic acids is 1. The molecule has 1 amide bonds. The average molecular weight is 550 g/mol. The molecule has 3 heterocycles. The minimum atomic E-state index is -0.185. The largest absolute Gasteiger partial charge is 0.340 e. The SMILES string of the molecule is CN/N=c1/c2cc(-c3ccccc3)c(-c3ccc(C4(N)CCC4)cc3)nc2ccn1CCN1CCN(C(C)=O)CC1. The summed E-state index contributed by atoms with van der Waals surface area (Å²) in [5, 5.41) is 5.71. The predicted octanol–water partition coefficient (Wildman–Crippen LogP) is 3.91. The van der Waals surface area contributed by atoms with Crippen LogP contribution in [0.3, 0.4) is 0 Å². The Morgan fingerprint density at radius 2 is 1.71 bits per heavy atom. The molecule has 0 radical (unpaired) electrons. The first-order valence-corrected chi connectivity index (χ1v) is 14.6. The second-order valence-electron chi connectivity index (χ2n) is 11.3. The van der Waals surface area contributed by atoms with Crippen molar-refractivity contribution in [2.75, 3.05) is 39.8 Å². The van der Waals surface area contributed by atoms with Crippen LogP contribution in [-0.2, 0) is 16.9 Å². The van der Waals surface area contributed by atoms with E-state index in [1.165, 1.54) is 12.0 Å². The molecule has 2 fully saturated rings. The Labute approximate surface area is 241 Å². The number of rotatable bonds is 7. The number of nitrogens with one attached hydrogen (secondary N) is 1. The normalized spacial score (nSPS) is 17.4. The summed E-state index contributed by atoms with van der Waals surface area (Å²) in [6, 6.07) is 23.4. The molecule has 1 saturated carbocycles. The second-order valence-corrected chi connectivity index (χ2v) is 11.3. The first-order chi connectivity index (χ1) is 19.9. The smallest absolute Gasteiger partial charge is 0.219 e. The molecule has 0 spiro atoms. The van der Waals surface area contributed by atoms with Crippen LogP contribution < -0.4 is 16.6 Å². The molecule has 2 aliphatic rings. The number of pyridine rings is 2. The minimum Gasteiger partial charge on any atom is -0.340 e. The number of piperazine rings is 1. The third-order valence-corrected chi connectivity index (χ3v) is 8.73. The zero-order valence-electron chi connectivity index (χ0n) is 24.0. The van der Waals surface area contributed by atoms with E-state index in [0.29, 0.717) is 0 Å². The molecule has 0 atom stereocenters. The third-order valence-electron chi connectivity index (χ3n) is 8.73. The summed E-state index contributed by atoms with van der Waals surface area (Å²) in [6.45, 7) is 6.67. The van der Waals surface area contributed by atoms with E-state index in [1.54, 1.807) is 6.92 Å². The first kappa shape index (κ1) is 27.2. The Morgan fingerprint density at radius 1 is 0.976 bits per heavy atom. The highest BCUT2D eigenvalue weighted by atomic mass is 16.2.